The van der Waals surface area contributed by atoms with Crippen LogP contribution in [0.4, 0.5) is 0 Å². The second kappa shape index (κ2) is 12.5. The molecule has 0 unspecified atom stereocenters. The molecule has 1 aliphatic heterocycles. The van der Waals surface area contributed by atoms with Gasteiger partial charge in [-0.3, -0.25) is 4.79 Å². The van der Waals surface area contributed by atoms with Gasteiger partial charge in [-0.25, -0.2) is 4.99 Å². The molecule has 0 bridgehead atoms. The number of amides is 1. The Morgan fingerprint density at radius 3 is 2.41 bits per heavy atom. The third-order valence-electron chi connectivity index (χ3n) is 5.40. The van der Waals surface area contributed by atoms with Gasteiger partial charge in [0.1, 0.15) is 0 Å². The molecule has 0 saturated carbocycles. The molecule has 1 aromatic carbocycles. The number of hydrogen-bond donors (Lipinski definition) is 3. The van der Waals surface area contributed by atoms with Crippen molar-refractivity contribution in [1.82, 2.24) is 20.9 Å². The van der Waals surface area contributed by atoms with Crippen LogP contribution in [0.5, 0.6) is 0 Å². The molecule has 2 rings (SSSR count). The molecule has 0 spiro atoms. The predicted octanol–water partition coefficient (Wildman–Crippen LogP) is 3.14. The Morgan fingerprint density at radius 1 is 1.14 bits per heavy atom. The first kappa shape index (κ1) is 23.2. The minimum Gasteiger partial charge on any atom is -0.357 e. The molecule has 1 heterocycles. The van der Waals surface area contributed by atoms with Crippen molar-refractivity contribution < 1.29 is 4.79 Å². The standard InChI is InChI=1S/C23H39N5O/c1-5-7-14-25-22(29)20-10-8-19(9-11-20)17-26-23(24-6-2)27-21-12-15-28(16-13-21)18(3)4/h8-11,18,21H,5-7,12-17H2,1-4H3,(H,25,29)(H2,24,26,27). The van der Waals surface area contributed by atoms with Crippen molar-refractivity contribution >= 4 is 11.9 Å². The lowest BCUT2D eigenvalue weighted by atomic mass is 10.0. The molecule has 1 aliphatic rings. The Morgan fingerprint density at radius 2 is 1.83 bits per heavy atom. The summed E-state index contributed by atoms with van der Waals surface area (Å²) in [6.45, 7) is 13.2. The van der Waals surface area contributed by atoms with Gasteiger partial charge in [-0.15, -0.1) is 0 Å². The smallest absolute Gasteiger partial charge is 0.251 e. The van der Waals surface area contributed by atoms with Crippen LogP contribution in [0.25, 0.3) is 0 Å². The summed E-state index contributed by atoms with van der Waals surface area (Å²) in [5.74, 6) is 0.869. The summed E-state index contributed by atoms with van der Waals surface area (Å²) in [6, 6.07) is 8.83. The zero-order chi connectivity index (χ0) is 21.1. The molecular weight excluding hydrogens is 362 g/mol. The van der Waals surface area contributed by atoms with Crippen LogP contribution in [-0.4, -0.2) is 55.0 Å². The van der Waals surface area contributed by atoms with Crippen LogP contribution in [0.2, 0.25) is 0 Å². The molecule has 1 saturated heterocycles. The van der Waals surface area contributed by atoms with Crippen LogP contribution in [0.3, 0.4) is 0 Å². The molecule has 29 heavy (non-hydrogen) atoms. The zero-order valence-electron chi connectivity index (χ0n) is 18.6. The maximum Gasteiger partial charge on any atom is 0.251 e. The van der Waals surface area contributed by atoms with E-state index in [0.717, 1.165) is 63.4 Å². The van der Waals surface area contributed by atoms with Crippen LogP contribution < -0.4 is 16.0 Å². The first-order valence-electron chi connectivity index (χ1n) is 11.2. The fourth-order valence-electron chi connectivity index (χ4n) is 3.49. The normalized spacial score (nSPS) is 16.1. The average Bonchev–Trinajstić information content (AvgIpc) is 2.73. The molecule has 0 aromatic heterocycles. The number of piperidine rings is 1. The summed E-state index contributed by atoms with van der Waals surface area (Å²) in [6.07, 6.45) is 4.38. The molecule has 0 atom stereocenters. The van der Waals surface area contributed by atoms with E-state index < -0.39 is 0 Å². The second-order valence-corrected chi connectivity index (χ2v) is 8.05. The van der Waals surface area contributed by atoms with Gasteiger partial charge in [0.05, 0.1) is 6.54 Å². The van der Waals surface area contributed by atoms with E-state index in [-0.39, 0.29) is 5.91 Å². The lowest BCUT2D eigenvalue weighted by molar-refractivity contribution is 0.0953. The summed E-state index contributed by atoms with van der Waals surface area (Å²) in [7, 11) is 0. The van der Waals surface area contributed by atoms with Gasteiger partial charge < -0.3 is 20.9 Å². The Balaban J connectivity index is 1.87. The Kier molecular flexibility index (Phi) is 9.98. The van der Waals surface area contributed by atoms with E-state index in [1.165, 1.54) is 0 Å². The highest BCUT2D eigenvalue weighted by molar-refractivity contribution is 5.94. The minimum absolute atomic E-state index is 0.00348. The first-order chi connectivity index (χ1) is 14.0. The monoisotopic (exact) mass is 401 g/mol. The third kappa shape index (κ3) is 8.05. The third-order valence-corrected chi connectivity index (χ3v) is 5.40. The number of rotatable bonds is 9. The van der Waals surface area contributed by atoms with E-state index in [1.54, 1.807) is 0 Å². The number of carbonyl (C=O) groups excluding carboxylic acids is 1. The Hall–Kier alpha value is -2.08. The number of carbonyl (C=O) groups is 1. The van der Waals surface area contributed by atoms with Crippen LogP contribution in [0.1, 0.15) is 69.3 Å². The van der Waals surface area contributed by atoms with Gasteiger partial charge in [-0.05, 0) is 57.7 Å². The number of aliphatic imine (C=N–C) groups is 1. The molecule has 162 valence electrons. The summed E-state index contributed by atoms with van der Waals surface area (Å²) < 4.78 is 0. The second-order valence-electron chi connectivity index (χ2n) is 8.05. The summed E-state index contributed by atoms with van der Waals surface area (Å²) in [5.41, 5.74) is 1.80. The van der Waals surface area contributed by atoms with E-state index >= 15 is 0 Å². The lowest BCUT2D eigenvalue weighted by Gasteiger charge is -2.35. The number of likely N-dealkylation sites (tertiary alicyclic amines) is 1. The van der Waals surface area contributed by atoms with Crippen LogP contribution in [-0.2, 0) is 6.54 Å². The number of guanidine groups is 1. The summed E-state index contributed by atoms with van der Waals surface area (Å²) in [4.78, 5) is 19.4. The molecule has 1 aromatic rings. The van der Waals surface area contributed by atoms with E-state index in [0.29, 0.717) is 24.2 Å². The molecule has 3 N–H and O–H groups in total. The fourth-order valence-corrected chi connectivity index (χ4v) is 3.49. The van der Waals surface area contributed by atoms with Crippen molar-refractivity contribution in [1.29, 1.82) is 0 Å². The Bertz CT molecular complexity index is 633. The maximum absolute atomic E-state index is 12.1. The van der Waals surface area contributed by atoms with Crippen LogP contribution >= 0.6 is 0 Å². The van der Waals surface area contributed by atoms with Crippen molar-refractivity contribution in [3.8, 4) is 0 Å². The van der Waals surface area contributed by atoms with Gasteiger partial charge in [-0.1, -0.05) is 25.5 Å². The molecule has 0 radical (unpaired) electrons. The van der Waals surface area contributed by atoms with Crippen molar-refractivity contribution in [2.75, 3.05) is 26.2 Å². The van der Waals surface area contributed by atoms with E-state index in [1.807, 2.05) is 24.3 Å². The molecular formula is C23H39N5O. The fraction of sp³-hybridized carbons (Fsp3) is 0.652. The zero-order valence-corrected chi connectivity index (χ0v) is 18.6. The van der Waals surface area contributed by atoms with Gasteiger partial charge in [-0.2, -0.15) is 0 Å². The van der Waals surface area contributed by atoms with Gasteiger partial charge in [0, 0.05) is 43.8 Å². The number of hydrogen-bond acceptors (Lipinski definition) is 3. The largest absolute Gasteiger partial charge is 0.357 e. The van der Waals surface area contributed by atoms with Crippen molar-refractivity contribution in [2.24, 2.45) is 4.99 Å². The van der Waals surface area contributed by atoms with Crippen molar-refractivity contribution in [3.05, 3.63) is 35.4 Å². The quantitative estimate of drug-likeness (QED) is 0.338. The van der Waals surface area contributed by atoms with Gasteiger partial charge in [0.15, 0.2) is 5.96 Å². The van der Waals surface area contributed by atoms with E-state index in [4.69, 9.17) is 4.99 Å². The molecule has 6 heteroatoms. The van der Waals surface area contributed by atoms with E-state index in [9.17, 15) is 4.79 Å². The van der Waals surface area contributed by atoms with Gasteiger partial charge >= 0.3 is 0 Å². The van der Waals surface area contributed by atoms with Crippen molar-refractivity contribution in [2.45, 2.75) is 72.0 Å². The topological polar surface area (TPSA) is 68.8 Å². The first-order valence-corrected chi connectivity index (χ1v) is 11.2. The summed E-state index contributed by atoms with van der Waals surface area (Å²) >= 11 is 0. The number of benzene rings is 1. The molecule has 0 aliphatic carbocycles. The molecule has 1 fully saturated rings. The Labute approximate surface area is 176 Å². The number of nitrogens with one attached hydrogen (secondary N) is 3. The average molecular weight is 402 g/mol. The summed E-state index contributed by atoms with van der Waals surface area (Å²) in [5, 5.41) is 9.90. The number of nitrogens with zero attached hydrogens (tertiary/aromatic N) is 2. The predicted molar refractivity (Wildman–Crippen MR) is 121 cm³/mol. The van der Waals surface area contributed by atoms with Crippen LogP contribution in [0.15, 0.2) is 29.3 Å². The van der Waals surface area contributed by atoms with Gasteiger partial charge in [0.2, 0.25) is 0 Å². The van der Waals surface area contributed by atoms with Crippen LogP contribution in [0, 0.1) is 0 Å². The minimum atomic E-state index is -0.00348. The SMILES string of the molecule is CCCCNC(=O)c1ccc(CN=C(NCC)NC2CCN(C(C)C)CC2)cc1. The maximum atomic E-state index is 12.1. The molecule has 1 amide bonds. The van der Waals surface area contributed by atoms with E-state index in [2.05, 4.69) is 48.5 Å². The molecule has 6 nitrogen and oxygen atoms in total. The van der Waals surface area contributed by atoms with Crippen molar-refractivity contribution in [3.63, 3.8) is 0 Å². The highest BCUT2D eigenvalue weighted by atomic mass is 16.1. The van der Waals surface area contributed by atoms with Gasteiger partial charge in [0.25, 0.3) is 5.91 Å². The number of unbranched alkanes of at least 4 members (excludes halogenated alkanes) is 1. The highest BCUT2D eigenvalue weighted by Gasteiger charge is 2.21. The highest BCUT2D eigenvalue weighted by Crippen LogP contribution is 2.13. The lowest BCUT2D eigenvalue weighted by Crippen LogP contribution is -2.49.